The van der Waals surface area contributed by atoms with Gasteiger partial charge in [-0.2, -0.15) is 0 Å². The van der Waals surface area contributed by atoms with Gasteiger partial charge in [-0.15, -0.1) is 0 Å². The van der Waals surface area contributed by atoms with E-state index in [1.54, 1.807) is 6.92 Å². The van der Waals surface area contributed by atoms with Gasteiger partial charge in [-0.1, -0.05) is 127 Å². The van der Waals surface area contributed by atoms with Gasteiger partial charge in [0.15, 0.2) is 0 Å². The van der Waals surface area contributed by atoms with E-state index < -0.39 is 11.9 Å². The van der Waals surface area contributed by atoms with Crippen LogP contribution in [0.3, 0.4) is 0 Å². The van der Waals surface area contributed by atoms with Crippen LogP contribution in [0.5, 0.6) is 0 Å². The molecule has 0 saturated heterocycles. The number of nitrogens with zero attached hydrogens (tertiary/aromatic N) is 2. The van der Waals surface area contributed by atoms with Gasteiger partial charge in [-0.25, -0.2) is 4.79 Å². The van der Waals surface area contributed by atoms with Crippen LogP contribution in [0.2, 0.25) is 0 Å². The van der Waals surface area contributed by atoms with Gasteiger partial charge in [0.2, 0.25) is 5.91 Å². The maximum Gasteiger partial charge on any atom is 0.324 e. The minimum atomic E-state index is -0.616. The maximum absolute atomic E-state index is 13.6. The third-order valence-corrected chi connectivity index (χ3v) is 10.4. The van der Waals surface area contributed by atoms with Crippen LogP contribution in [0, 0.1) is 5.92 Å². The van der Waals surface area contributed by atoms with Crippen LogP contribution in [0.1, 0.15) is 194 Å². The van der Waals surface area contributed by atoms with Gasteiger partial charge < -0.3 is 19.7 Å². The minimum absolute atomic E-state index is 0.0808. The number of esters is 2. The van der Waals surface area contributed by atoms with Crippen molar-refractivity contribution in [2.45, 2.75) is 194 Å². The Balaban J connectivity index is 4.58. The van der Waals surface area contributed by atoms with Crippen molar-refractivity contribution in [3.8, 4) is 0 Å². The molecule has 0 aliphatic heterocycles. The lowest BCUT2D eigenvalue weighted by Gasteiger charge is -2.25. The zero-order chi connectivity index (χ0) is 43.4. The van der Waals surface area contributed by atoms with Crippen LogP contribution in [0.15, 0.2) is 48.6 Å². The van der Waals surface area contributed by atoms with E-state index in [0.29, 0.717) is 19.4 Å². The summed E-state index contributed by atoms with van der Waals surface area (Å²) in [6, 6.07) is -0.432. The Morgan fingerprint density at radius 2 is 0.932 bits per heavy atom. The van der Waals surface area contributed by atoms with Gasteiger partial charge >= 0.3 is 18.0 Å². The number of nitrogens with one attached hydrogen (secondary N) is 1. The number of hydrogen-bond acceptors (Lipinski definition) is 7. The second-order valence-corrected chi connectivity index (χ2v) is 16.1. The number of amides is 3. The Morgan fingerprint density at radius 1 is 0.525 bits per heavy atom. The molecule has 0 saturated carbocycles. The van der Waals surface area contributed by atoms with Crippen molar-refractivity contribution in [2.75, 3.05) is 46.9 Å². The van der Waals surface area contributed by atoms with Gasteiger partial charge in [0.1, 0.15) is 0 Å². The summed E-state index contributed by atoms with van der Waals surface area (Å²) < 4.78 is 11.1. The molecule has 0 aromatic rings. The smallest absolute Gasteiger partial charge is 0.324 e. The molecule has 0 radical (unpaired) electrons. The molecule has 0 aliphatic rings. The van der Waals surface area contributed by atoms with E-state index in [0.717, 1.165) is 103 Å². The first-order valence-corrected chi connectivity index (χ1v) is 23.9. The molecular weight excluding hydrogens is 739 g/mol. The second-order valence-electron chi connectivity index (χ2n) is 16.1. The molecule has 3 amide bonds. The monoisotopic (exact) mass is 828 g/mol. The summed E-state index contributed by atoms with van der Waals surface area (Å²) in [6.07, 6.45) is 44.7. The SMILES string of the molecule is CCCCC/C=C\C/C=C\CCCCCCCC(=O)OCCC(CCOC(=O)CCCCCCC/C=C\C/C=C\CCCCC)C(=O)N(CC)C(=O)NCCCN(C)C. The average Bonchev–Trinajstić information content (AvgIpc) is 3.21. The average molecular weight is 828 g/mol. The number of carbonyl (C=O) groups is 4. The van der Waals surface area contributed by atoms with E-state index in [-0.39, 0.29) is 50.4 Å². The highest BCUT2D eigenvalue weighted by molar-refractivity contribution is 5.95. The van der Waals surface area contributed by atoms with E-state index in [2.05, 4.69) is 67.8 Å². The molecule has 0 unspecified atom stereocenters. The number of carbonyl (C=O) groups excluding carboxylic acids is 4. The van der Waals surface area contributed by atoms with Crippen LogP contribution < -0.4 is 5.32 Å². The Labute approximate surface area is 362 Å². The highest BCUT2D eigenvalue weighted by atomic mass is 16.5. The van der Waals surface area contributed by atoms with E-state index in [4.69, 9.17) is 9.47 Å². The van der Waals surface area contributed by atoms with Crippen LogP contribution in [-0.2, 0) is 23.9 Å². The highest BCUT2D eigenvalue weighted by Gasteiger charge is 2.28. The van der Waals surface area contributed by atoms with Crippen molar-refractivity contribution >= 4 is 23.9 Å². The largest absolute Gasteiger partial charge is 0.466 e. The van der Waals surface area contributed by atoms with E-state index in [1.165, 1.54) is 56.3 Å². The molecule has 0 fully saturated rings. The molecule has 0 aromatic carbocycles. The number of ether oxygens (including phenoxy) is 2. The molecule has 1 N–H and O–H groups in total. The Hall–Kier alpha value is -3.20. The highest BCUT2D eigenvalue weighted by Crippen LogP contribution is 2.16. The fourth-order valence-corrected chi connectivity index (χ4v) is 6.63. The fraction of sp³-hybridized carbons (Fsp3) is 0.760. The first-order valence-electron chi connectivity index (χ1n) is 23.9. The van der Waals surface area contributed by atoms with Crippen molar-refractivity contribution < 1.29 is 28.7 Å². The molecule has 9 nitrogen and oxygen atoms in total. The summed E-state index contributed by atoms with van der Waals surface area (Å²) in [5.41, 5.74) is 0. The van der Waals surface area contributed by atoms with Crippen LogP contribution in [0.25, 0.3) is 0 Å². The van der Waals surface area contributed by atoms with Gasteiger partial charge in [0.25, 0.3) is 0 Å². The van der Waals surface area contributed by atoms with Gasteiger partial charge in [0.05, 0.1) is 13.2 Å². The van der Waals surface area contributed by atoms with Crippen molar-refractivity contribution in [3.05, 3.63) is 48.6 Å². The molecular formula is C50H89N3O6. The zero-order valence-corrected chi connectivity index (χ0v) is 38.7. The number of imide groups is 1. The lowest BCUT2D eigenvalue weighted by atomic mass is 10.0. The topological polar surface area (TPSA) is 105 Å². The number of rotatable bonds is 40. The summed E-state index contributed by atoms with van der Waals surface area (Å²) in [6.45, 7) is 7.89. The van der Waals surface area contributed by atoms with E-state index >= 15 is 0 Å². The first kappa shape index (κ1) is 55.8. The summed E-state index contributed by atoms with van der Waals surface area (Å²) in [4.78, 5) is 54.9. The van der Waals surface area contributed by atoms with Gasteiger partial charge in [-0.05, 0) is 124 Å². The van der Waals surface area contributed by atoms with Crippen molar-refractivity contribution in [1.29, 1.82) is 0 Å². The van der Waals surface area contributed by atoms with Gasteiger partial charge in [0, 0.05) is 31.8 Å². The number of hydrogen-bond donors (Lipinski definition) is 1. The first-order chi connectivity index (χ1) is 28.8. The predicted molar refractivity (Wildman–Crippen MR) is 247 cm³/mol. The van der Waals surface area contributed by atoms with E-state index in [1.807, 2.05) is 19.0 Å². The van der Waals surface area contributed by atoms with Gasteiger partial charge in [-0.3, -0.25) is 19.3 Å². The fourth-order valence-electron chi connectivity index (χ4n) is 6.63. The molecule has 0 aromatic heterocycles. The zero-order valence-electron chi connectivity index (χ0n) is 38.7. The summed E-state index contributed by atoms with van der Waals surface area (Å²) in [5, 5.41) is 2.85. The van der Waals surface area contributed by atoms with Crippen LogP contribution in [-0.4, -0.2) is 80.6 Å². The molecule has 0 heterocycles. The van der Waals surface area contributed by atoms with Crippen molar-refractivity contribution in [3.63, 3.8) is 0 Å². The van der Waals surface area contributed by atoms with Crippen LogP contribution in [0.4, 0.5) is 4.79 Å². The number of allylic oxidation sites excluding steroid dienone is 8. The van der Waals surface area contributed by atoms with Crippen LogP contribution >= 0.6 is 0 Å². The molecule has 59 heavy (non-hydrogen) atoms. The lowest BCUT2D eigenvalue weighted by Crippen LogP contribution is -2.47. The Morgan fingerprint density at radius 3 is 1.34 bits per heavy atom. The molecule has 9 heteroatoms. The quantitative estimate of drug-likeness (QED) is 0.0372. The third-order valence-electron chi connectivity index (χ3n) is 10.4. The minimum Gasteiger partial charge on any atom is -0.466 e. The number of urea groups is 1. The standard InChI is InChI=1S/C50H89N3O6/c1-6-9-11-13-15-17-19-21-23-25-27-29-31-33-35-38-47(54)58-44-40-46(49(56)53(8-3)50(57)51-42-37-43-52(4)5)41-45-59-48(55)39-36-34-32-30-28-26-24-22-20-18-16-14-12-10-7-2/h15-18,21-24,46H,6-14,19-20,25-45H2,1-5H3,(H,51,57)/b17-15-,18-16-,23-21-,24-22-. The summed E-state index contributed by atoms with van der Waals surface area (Å²) in [5.74, 6) is -1.49. The molecule has 0 rings (SSSR count). The molecule has 0 atom stereocenters. The molecule has 0 aliphatic carbocycles. The second kappa shape index (κ2) is 42.9. The predicted octanol–water partition coefficient (Wildman–Crippen LogP) is 12.6. The lowest BCUT2D eigenvalue weighted by molar-refractivity contribution is -0.147. The molecule has 0 bridgehead atoms. The maximum atomic E-state index is 13.6. The van der Waals surface area contributed by atoms with E-state index in [9.17, 15) is 19.2 Å². The number of unbranched alkanes of at least 4 members (excludes halogenated alkanes) is 16. The molecule has 340 valence electrons. The summed E-state index contributed by atoms with van der Waals surface area (Å²) >= 11 is 0. The summed E-state index contributed by atoms with van der Waals surface area (Å²) in [7, 11) is 3.95. The normalized spacial score (nSPS) is 11.9. The van der Waals surface area contributed by atoms with Crippen molar-refractivity contribution in [1.82, 2.24) is 15.1 Å². The Bertz CT molecular complexity index is 1080. The third kappa shape index (κ3) is 37.5. The Kier molecular flexibility index (Phi) is 40.6. The van der Waals surface area contributed by atoms with Crippen molar-refractivity contribution in [2.24, 2.45) is 5.92 Å². The molecule has 0 spiro atoms.